The number of benzene rings is 1. The predicted molar refractivity (Wildman–Crippen MR) is 65.6 cm³/mol. The summed E-state index contributed by atoms with van der Waals surface area (Å²) in [6.07, 6.45) is 0. The van der Waals surface area contributed by atoms with E-state index in [1.807, 2.05) is 35.1 Å². The van der Waals surface area contributed by atoms with E-state index in [2.05, 4.69) is 10.6 Å². The second-order valence-electron chi connectivity index (χ2n) is 3.47. The van der Waals surface area contributed by atoms with Crippen LogP contribution >= 0.6 is 0 Å². The summed E-state index contributed by atoms with van der Waals surface area (Å²) in [5, 5.41) is 5.11. The Hall–Kier alpha value is -2.32. The highest BCUT2D eigenvalue weighted by Gasteiger charge is 2.01. The van der Waals surface area contributed by atoms with Gasteiger partial charge < -0.3 is 10.6 Å². The Morgan fingerprint density at radius 3 is 1.78 bits per heavy atom. The van der Waals surface area contributed by atoms with Gasteiger partial charge in [0.15, 0.2) is 0 Å². The molecule has 0 saturated heterocycles. The standard InChI is InChI=1S/C10H16N6O2/c11-15-9(17)13-5-7-2-1-3-8(4-7)6-14-10(18)16-12/h1-4H,5-6,11-12H2,(H2,13,15,17)(H2,14,16,18). The molecule has 0 heterocycles. The van der Waals surface area contributed by atoms with Crippen LogP contribution in [0.15, 0.2) is 24.3 Å². The van der Waals surface area contributed by atoms with Gasteiger partial charge in [0.2, 0.25) is 0 Å². The fourth-order valence-electron chi connectivity index (χ4n) is 1.32. The van der Waals surface area contributed by atoms with Crippen LogP contribution in [0.5, 0.6) is 0 Å². The maximum Gasteiger partial charge on any atom is 0.329 e. The summed E-state index contributed by atoms with van der Waals surface area (Å²) in [5.41, 5.74) is 5.73. The molecule has 98 valence electrons. The van der Waals surface area contributed by atoms with Gasteiger partial charge in [-0.3, -0.25) is 10.9 Å². The second kappa shape index (κ2) is 7.09. The fourth-order valence-corrected chi connectivity index (χ4v) is 1.32. The van der Waals surface area contributed by atoms with E-state index in [0.717, 1.165) is 11.1 Å². The normalized spacial score (nSPS) is 9.44. The minimum absolute atomic E-state index is 0.347. The number of amides is 4. The van der Waals surface area contributed by atoms with Gasteiger partial charge in [-0.05, 0) is 11.1 Å². The minimum Gasteiger partial charge on any atom is -0.333 e. The lowest BCUT2D eigenvalue weighted by atomic mass is 10.1. The third-order valence-electron chi connectivity index (χ3n) is 2.16. The maximum atomic E-state index is 10.9. The Morgan fingerprint density at radius 2 is 1.39 bits per heavy atom. The molecule has 0 fully saturated rings. The smallest absolute Gasteiger partial charge is 0.329 e. The van der Waals surface area contributed by atoms with Crippen molar-refractivity contribution in [3.05, 3.63) is 35.4 Å². The second-order valence-corrected chi connectivity index (χ2v) is 3.47. The molecule has 0 spiro atoms. The van der Waals surface area contributed by atoms with Crippen molar-refractivity contribution < 1.29 is 9.59 Å². The van der Waals surface area contributed by atoms with Gasteiger partial charge in [0, 0.05) is 13.1 Å². The minimum atomic E-state index is -0.457. The fraction of sp³-hybridized carbons (Fsp3) is 0.200. The lowest BCUT2D eigenvalue weighted by Crippen LogP contribution is -2.39. The summed E-state index contributed by atoms with van der Waals surface area (Å²) >= 11 is 0. The first kappa shape index (κ1) is 13.7. The molecule has 0 aliphatic heterocycles. The molecule has 0 bridgehead atoms. The molecule has 8 N–H and O–H groups in total. The Morgan fingerprint density at radius 1 is 0.944 bits per heavy atom. The zero-order valence-electron chi connectivity index (χ0n) is 9.69. The lowest BCUT2D eigenvalue weighted by molar-refractivity contribution is 0.240. The van der Waals surface area contributed by atoms with E-state index in [4.69, 9.17) is 11.7 Å². The van der Waals surface area contributed by atoms with E-state index >= 15 is 0 Å². The van der Waals surface area contributed by atoms with Crippen LogP contribution < -0.4 is 33.2 Å². The molecule has 0 atom stereocenters. The monoisotopic (exact) mass is 252 g/mol. The number of carbonyl (C=O) groups excluding carboxylic acids is 2. The van der Waals surface area contributed by atoms with Crippen LogP contribution in [-0.2, 0) is 13.1 Å². The summed E-state index contributed by atoms with van der Waals surface area (Å²) in [4.78, 5) is 21.8. The number of nitrogens with one attached hydrogen (secondary N) is 4. The highest BCUT2D eigenvalue weighted by molar-refractivity contribution is 5.73. The van der Waals surface area contributed by atoms with Crippen LogP contribution in [0.2, 0.25) is 0 Å². The molecule has 0 saturated carbocycles. The Labute approximate surface area is 104 Å². The molecular formula is C10H16N6O2. The highest BCUT2D eigenvalue weighted by atomic mass is 16.2. The van der Waals surface area contributed by atoms with E-state index in [0.29, 0.717) is 13.1 Å². The van der Waals surface area contributed by atoms with Crippen molar-refractivity contribution in [2.24, 2.45) is 11.7 Å². The molecule has 0 aliphatic carbocycles. The van der Waals surface area contributed by atoms with Crippen LogP contribution in [0, 0.1) is 0 Å². The summed E-state index contributed by atoms with van der Waals surface area (Å²) in [6, 6.07) is 6.47. The van der Waals surface area contributed by atoms with E-state index in [9.17, 15) is 9.59 Å². The Balaban J connectivity index is 2.51. The quantitative estimate of drug-likeness (QED) is 0.233. The van der Waals surface area contributed by atoms with Crippen LogP contribution in [0.25, 0.3) is 0 Å². The van der Waals surface area contributed by atoms with Crippen molar-refractivity contribution in [2.45, 2.75) is 13.1 Å². The number of hydrogen-bond acceptors (Lipinski definition) is 4. The molecule has 0 aromatic heterocycles. The number of hydrazine groups is 2. The zero-order valence-corrected chi connectivity index (χ0v) is 9.69. The molecule has 8 nitrogen and oxygen atoms in total. The number of nitrogens with two attached hydrogens (primary N) is 2. The maximum absolute atomic E-state index is 10.9. The molecule has 8 heteroatoms. The highest BCUT2D eigenvalue weighted by Crippen LogP contribution is 2.04. The molecule has 18 heavy (non-hydrogen) atoms. The first-order valence-corrected chi connectivity index (χ1v) is 5.22. The molecule has 1 aromatic carbocycles. The Bertz CT molecular complexity index is 387. The number of carbonyl (C=O) groups is 2. The van der Waals surface area contributed by atoms with E-state index in [-0.39, 0.29) is 0 Å². The molecule has 0 radical (unpaired) electrons. The van der Waals surface area contributed by atoms with Crippen molar-refractivity contribution in [1.82, 2.24) is 21.5 Å². The van der Waals surface area contributed by atoms with Crippen molar-refractivity contribution in [2.75, 3.05) is 0 Å². The van der Waals surface area contributed by atoms with Crippen molar-refractivity contribution in [3.8, 4) is 0 Å². The lowest BCUT2D eigenvalue weighted by Gasteiger charge is -2.07. The van der Waals surface area contributed by atoms with Gasteiger partial charge in [0.05, 0.1) is 0 Å². The third-order valence-corrected chi connectivity index (χ3v) is 2.16. The van der Waals surface area contributed by atoms with Gasteiger partial charge >= 0.3 is 12.1 Å². The summed E-state index contributed by atoms with van der Waals surface area (Å²) < 4.78 is 0. The Kier molecular flexibility index (Phi) is 5.42. The SMILES string of the molecule is NNC(=O)NCc1cccc(CNC(=O)NN)c1. The van der Waals surface area contributed by atoms with Gasteiger partial charge in [-0.25, -0.2) is 21.3 Å². The molecule has 0 aliphatic rings. The first-order valence-electron chi connectivity index (χ1n) is 5.22. The largest absolute Gasteiger partial charge is 0.333 e. The van der Waals surface area contributed by atoms with Gasteiger partial charge in [-0.1, -0.05) is 24.3 Å². The van der Waals surface area contributed by atoms with Gasteiger partial charge in [-0.2, -0.15) is 0 Å². The van der Waals surface area contributed by atoms with Crippen LogP contribution in [0.4, 0.5) is 9.59 Å². The van der Waals surface area contributed by atoms with Gasteiger partial charge in [0.25, 0.3) is 0 Å². The van der Waals surface area contributed by atoms with Crippen molar-refractivity contribution >= 4 is 12.1 Å². The van der Waals surface area contributed by atoms with Crippen molar-refractivity contribution in [3.63, 3.8) is 0 Å². The third kappa shape index (κ3) is 4.68. The molecule has 1 rings (SSSR count). The van der Waals surface area contributed by atoms with Crippen LogP contribution in [0.3, 0.4) is 0 Å². The van der Waals surface area contributed by atoms with E-state index in [1.165, 1.54) is 0 Å². The zero-order chi connectivity index (χ0) is 13.4. The summed E-state index contributed by atoms with van der Waals surface area (Å²) in [6.45, 7) is 0.694. The average Bonchev–Trinajstić information content (AvgIpc) is 2.42. The molecule has 1 aromatic rings. The molecule has 4 amide bonds. The van der Waals surface area contributed by atoms with E-state index < -0.39 is 12.1 Å². The van der Waals surface area contributed by atoms with Crippen molar-refractivity contribution in [1.29, 1.82) is 0 Å². The predicted octanol–water partition coefficient (Wildman–Crippen LogP) is -0.968. The summed E-state index contributed by atoms with van der Waals surface area (Å²) in [5.74, 6) is 9.87. The molecular weight excluding hydrogens is 236 g/mol. The van der Waals surface area contributed by atoms with Gasteiger partial charge in [-0.15, -0.1) is 0 Å². The van der Waals surface area contributed by atoms with Crippen LogP contribution in [-0.4, -0.2) is 12.1 Å². The summed E-state index contributed by atoms with van der Waals surface area (Å²) in [7, 11) is 0. The van der Waals surface area contributed by atoms with Gasteiger partial charge in [0.1, 0.15) is 0 Å². The topological polar surface area (TPSA) is 134 Å². The van der Waals surface area contributed by atoms with E-state index in [1.54, 1.807) is 0 Å². The number of hydrogen-bond donors (Lipinski definition) is 6. The number of urea groups is 2. The number of rotatable bonds is 4. The first-order chi connectivity index (χ1) is 8.65. The molecule has 0 unspecified atom stereocenters. The average molecular weight is 252 g/mol. The van der Waals surface area contributed by atoms with Crippen LogP contribution in [0.1, 0.15) is 11.1 Å².